The maximum atomic E-state index is 12.2. The minimum Gasteiger partial charge on any atom is -0.465 e. The molecule has 1 aromatic rings. The predicted molar refractivity (Wildman–Crippen MR) is 80.7 cm³/mol. The van der Waals surface area contributed by atoms with Gasteiger partial charge >= 0.3 is 5.97 Å². The van der Waals surface area contributed by atoms with Gasteiger partial charge in [-0.3, -0.25) is 0 Å². The second-order valence-corrected chi connectivity index (χ2v) is 7.82. The van der Waals surface area contributed by atoms with Gasteiger partial charge in [0.05, 0.1) is 11.9 Å². The van der Waals surface area contributed by atoms with Crippen LogP contribution in [-0.2, 0) is 19.4 Å². The maximum absolute atomic E-state index is 12.2. The molecule has 1 fully saturated rings. The third-order valence-corrected chi connectivity index (χ3v) is 6.27. The fourth-order valence-corrected chi connectivity index (χ4v) is 4.70. The molecule has 0 unspecified atom stereocenters. The molecule has 116 valence electrons. The molecule has 1 aliphatic rings. The first-order valence-corrected chi connectivity index (χ1v) is 8.74. The maximum Gasteiger partial charge on any atom is 0.328 e. The Hall–Kier alpha value is -1.40. The molecule has 0 bridgehead atoms. The van der Waals surface area contributed by atoms with Gasteiger partial charge in [-0.2, -0.15) is 0 Å². The highest BCUT2D eigenvalue weighted by atomic mass is 32.2. The van der Waals surface area contributed by atoms with Gasteiger partial charge < -0.3 is 10.5 Å². The van der Waals surface area contributed by atoms with E-state index in [4.69, 9.17) is 10.5 Å². The van der Waals surface area contributed by atoms with Crippen molar-refractivity contribution in [2.75, 3.05) is 12.4 Å². The summed E-state index contributed by atoms with van der Waals surface area (Å²) in [5.41, 5.74) is 6.50. The number of esters is 1. The number of sulfone groups is 1. The molecule has 2 rings (SSSR count). The molecule has 0 heterocycles. The Kier molecular flexibility index (Phi) is 4.13. The lowest BCUT2D eigenvalue weighted by molar-refractivity contribution is -0.145. The zero-order valence-corrected chi connectivity index (χ0v) is 13.3. The molecule has 5 nitrogen and oxygen atoms in total. The van der Waals surface area contributed by atoms with Crippen LogP contribution in [0.25, 0.3) is 0 Å². The van der Waals surface area contributed by atoms with Crippen molar-refractivity contribution < 1.29 is 17.9 Å². The predicted octanol–water partition coefficient (Wildman–Crippen LogP) is 1.16. The zero-order chi connectivity index (χ0) is 15.8. The Morgan fingerprint density at radius 2 is 1.86 bits per heavy atom. The van der Waals surface area contributed by atoms with Crippen molar-refractivity contribution in [3.63, 3.8) is 0 Å². The molecule has 0 aliphatic heterocycles. The van der Waals surface area contributed by atoms with Crippen LogP contribution < -0.4 is 5.73 Å². The number of carbonyl (C=O) groups is 1. The quantitative estimate of drug-likeness (QED) is 0.825. The molecule has 0 amide bonds. The third-order valence-electron chi connectivity index (χ3n) is 4.03. The summed E-state index contributed by atoms with van der Waals surface area (Å²) in [5, 5.41) is -0.906. The standard InChI is InChI=1S/C15H21NO4S/c1-4-20-14(17)15(16)12(13(15)21(18,19)5-2)11-8-6-10(3)7-9-11/h6-9,12-13H,4-5,16H2,1-3H3/t12-,13-,15-/m0/s1. The van der Waals surface area contributed by atoms with Crippen LogP contribution in [0, 0.1) is 6.92 Å². The molecule has 1 saturated carbocycles. The molecule has 1 aliphatic carbocycles. The SMILES string of the molecule is CCOC(=O)[C@]1(N)[C@@H](c2ccc(C)cc2)[C@@H]1S(=O)(=O)CC. The summed E-state index contributed by atoms with van der Waals surface area (Å²) < 4.78 is 29.5. The van der Waals surface area contributed by atoms with Gasteiger partial charge in [-0.05, 0) is 19.4 Å². The molecular weight excluding hydrogens is 290 g/mol. The average molecular weight is 311 g/mol. The molecule has 2 N–H and O–H groups in total. The van der Waals surface area contributed by atoms with Crippen molar-refractivity contribution in [2.24, 2.45) is 5.73 Å². The number of benzene rings is 1. The first-order chi connectivity index (χ1) is 9.79. The van der Waals surface area contributed by atoms with Crippen molar-refractivity contribution in [1.29, 1.82) is 0 Å². The summed E-state index contributed by atoms with van der Waals surface area (Å²) in [5.74, 6) is -1.22. The van der Waals surface area contributed by atoms with Gasteiger partial charge in [0.1, 0.15) is 5.54 Å². The zero-order valence-electron chi connectivity index (χ0n) is 12.5. The van der Waals surface area contributed by atoms with Crippen LogP contribution in [-0.4, -0.2) is 37.5 Å². The Bertz CT molecular complexity index is 638. The lowest BCUT2D eigenvalue weighted by Crippen LogP contribution is -2.41. The van der Waals surface area contributed by atoms with Gasteiger partial charge in [0.2, 0.25) is 0 Å². The fraction of sp³-hybridized carbons (Fsp3) is 0.533. The highest BCUT2D eigenvalue weighted by Gasteiger charge is 2.74. The number of aryl methyl sites for hydroxylation is 1. The number of hydrogen-bond donors (Lipinski definition) is 1. The molecule has 6 heteroatoms. The van der Waals surface area contributed by atoms with Crippen LogP contribution in [0.5, 0.6) is 0 Å². The Morgan fingerprint density at radius 1 is 1.29 bits per heavy atom. The van der Waals surface area contributed by atoms with Crippen molar-refractivity contribution >= 4 is 15.8 Å². The monoisotopic (exact) mass is 311 g/mol. The van der Waals surface area contributed by atoms with E-state index in [1.165, 1.54) is 0 Å². The molecule has 1 aromatic carbocycles. The van der Waals surface area contributed by atoms with Crippen LogP contribution in [0.1, 0.15) is 30.9 Å². The van der Waals surface area contributed by atoms with Crippen LogP contribution in [0.3, 0.4) is 0 Å². The Morgan fingerprint density at radius 3 is 2.33 bits per heavy atom. The molecule has 0 spiro atoms. The lowest BCUT2D eigenvalue weighted by atomic mass is 10.1. The van der Waals surface area contributed by atoms with Crippen molar-refractivity contribution in [3.05, 3.63) is 35.4 Å². The summed E-state index contributed by atoms with van der Waals surface area (Å²) in [6.45, 7) is 5.36. The van der Waals surface area contributed by atoms with Gasteiger partial charge in [0.25, 0.3) is 0 Å². The van der Waals surface area contributed by atoms with E-state index in [-0.39, 0.29) is 12.4 Å². The van der Waals surface area contributed by atoms with E-state index in [1.54, 1.807) is 13.8 Å². The highest BCUT2D eigenvalue weighted by molar-refractivity contribution is 7.92. The molecular formula is C15H21NO4S. The van der Waals surface area contributed by atoms with E-state index in [1.807, 2.05) is 31.2 Å². The van der Waals surface area contributed by atoms with Gasteiger partial charge in [-0.1, -0.05) is 36.8 Å². The van der Waals surface area contributed by atoms with Gasteiger partial charge in [-0.25, -0.2) is 13.2 Å². The fourth-order valence-electron chi connectivity index (χ4n) is 2.78. The summed E-state index contributed by atoms with van der Waals surface area (Å²) in [6, 6.07) is 7.42. The number of rotatable bonds is 5. The van der Waals surface area contributed by atoms with E-state index in [9.17, 15) is 13.2 Å². The molecule has 21 heavy (non-hydrogen) atoms. The molecule has 0 saturated heterocycles. The summed E-state index contributed by atoms with van der Waals surface area (Å²) in [4.78, 5) is 12.1. The van der Waals surface area contributed by atoms with Crippen LogP contribution in [0.2, 0.25) is 0 Å². The largest absolute Gasteiger partial charge is 0.465 e. The number of ether oxygens (including phenoxy) is 1. The van der Waals surface area contributed by atoms with Crippen molar-refractivity contribution in [2.45, 2.75) is 37.5 Å². The summed E-state index contributed by atoms with van der Waals surface area (Å²) in [7, 11) is -3.43. The van der Waals surface area contributed by atoms with E-state index < -0.39 is 32.5 Å². The molecule has 0 radical (unpaired) electrons. The smallest absolute Gasteiger partial charge is 0.328 e. The van der Waals surface area contributed by atoms with Crippen molar-refractivity contribution in [3.8, 4) is 0 Å². The first-order valence-electron chi connectivity index (χ1n) is 7.03. The second-order valence-electron chi connectivity index (χ2n) is 5.41. The van der Waals surface area contributed by atoms with E-state index >= 15 is 0 Å². The van der Waals surface area contributed by atoms with Crippen LogP contribution >= 0.6 is 0 Å². The number of nitrogens with two attached hydrogens (primary N) is 1. The van der Waals surface area contributed by atoms with Crippen LogP contribution in [0.4, 0.5) is 0 Å². The minimum absolute atomic E-state index is 0.0433. The van der Waals surface area contributed by atoms with E-state index in [2.05, 4.69) is 0 Å². The van der Waals surface area contributed by atoms with Gasteiger partial charge in [-0.15, -0.1) is 0 Å². The lowest BCUT2D eigenvalue weighted by Gasteiger charge is -2.11. The number of carbonyl (C=O) groups excluding carboxylic acids is 1. The normalized spacial score (nSPS) is 28.2. The molecule has 3 atom stereocenters. The summed E-state index contributed by atoms with van der Waals surface area (Å²) >= 11 is 0. The topological polar surface area (TPSA) is 86.5 Å². The Balaban J connectivity index is 2.42. The van der Waals surface area contributed by atoms with E-state index in [0.29, 0.717) is 0 Å². The third kappa shape index (κ3) is 2.58. The second kappa shape index (κ2) is 5.42. The molecule has 0 aromatic heterocycles. The first kappa shape index (κ1) is 16.0. The number of hydrogen-bond acceptors (Lipinski definition) is 5. The highest BCUT2D eigenvalue weighted by Crippen LogP contribution is 2.55. The van der Waals surface area contributed by atoms with E-state index in [0.717, 1.165) is 11.1 Å². The average Bonchev–Trinajstić information content (AvgIpc) is 3.09. The minimum atomic E-state index is -3.43. The van der Waals surface area contributed by atoms with Crippen LogP contribution in [0.15, 0.2) is 24.3 Å². The van der Waals surface area contributed by atoms with Gasteiger partial charge in [0, 0.05) is 11.7 Å². The Labute approximate surface area is 125 Å². The van der Waals surface area contributed by atoms with Crippen molar-refractivity contribution in [1.82, 2.24) is 0 Å². The summed E-state index contributed by atoms with van der Waals surface area (Å²) in [6.07, 6.45) is 0. The van der Waals surface area contributed by atoms with Gasteiger partial charge in [0.15, 0.2) is 9.84 Å².